The van der Waals surface area contributed by atoms with Crippen LogP contribution in [0.3, 0.4) is 0 Å². The number of thiophene rings is 1. The number of nitro benzene ring substituents is 1. The summed E-state index contributed by atoms with van der Waals surface area (Å²) in [4.78, 5) is 23.2. The number of methoxy groups -OCH3 is 1. The summed E-state index contributed by atoms with van der Waals surface area (Å²) in [6.07, 6.45) is 0. The number of carbonyl (C=O) groups excluding carboxylic acids is 1. The van der Waals surface area contributed by atoms with Gasteiger partial charge in [0, 0.05) is 27.8 Å². The average Bonchev–Trinajstić information content (AvgIpc) is 3.34. The molecule has 0 spiro atoms. The van der Waals surface area contributed by atoms with Gasteiger partial charge >= 0.3 is 6.01 Å². The summed E-state index contributed by atoms with van der Waals surface area (Å²) in [7, 11) is 1.57. The third kappa shape index (κ3) is 3.40. The Bertz CT molecular complexity index is 1180. The number of ether oxygens (including phenoxy) is 1. The molecule has 9 nitrogen and oxygen atoms in total. The second kappa shape index (κ2) is 7.08. The molecule has 0 unspecified atom stereocenters. The Morgan fingerprint density at radius 1 is 1.18 bits per heavy atom. The molecular formula is C18H12N4O5S. The molecule has 0 aliphatic heterocycles. The lowest BCUT2D eigenvalue weighted by Crippen LogP contribution is -2.10. The summed E-state index contributed by atoms with van der Waals surface area (Å²) in [6.45, 7) is 0. The molecule has 0 atom stereocenters. The lowest BCUT2D eigenvalue weighted by atomic mass is 10.2. The van der Waals surface area contributed by atoms with E-state index < -0.39 is 10.8 Å². The van der Waals surface area contributed by atoms with Crippen LogP contribution < -0.4 is 10.1 Å². The molecule has 28 heavy (non-hydrogen) atoms. The molecule has 0 radical (unpaired) electrons. The number of rotatable bonds is 5. The molecule has 1 N–H and O–H groups in total. The molecule has 0 aliphatic carbocycles. The first-order chi connectivity index (χ1) is 13.5. The molecule has 0 aliphatic rings. The summed E-state index contributed by atoms with van der Waals surface area (Å²) in [6, 6.07) is 13.0. The number of anilines is 1. The first-order valence-corrected chi connectivity index (χ1v) is 8.82. The van der Waals surface area contributed by atoms with Gasteiger partial charge in [-0.1, -0.05) is 5.10 Å². The van der Waals surface area contributed by atoms with Crippen LogP contribution in [-0.2, 0) is 0 Å². The zero-order valence-corrected chi connectivity index (χ0v) is 15.2. The van der Waals surface area contributed by atoms with Crippen molar-refractivity contribution >= 4 is 39.0 Å². The van der Waals surface area contributed by atoms with Crippen LogP contribution in [0, 0.1) is 10.1 Å². The van der Waals surface area contributed by atoms with E-state index in [2.05, 4.69) is 15.5 Å². The number of hydrogen-bond acceptors (Lipinski definition) is 8. The predicted molar refractivity (Wildman–Crippen MR) is 103 cm³/mol. The van der Waals surface area contributed by atoms with Gasteiger partial charge in [0.25, 0.3) is 11.6 Å². The normalized spacial score (nSPS) is 10.8. The van der Waals surface area contributed by atoms with Crippen LogP contribution in [0.25, 0.3) is 21.5 Å². The highest BCUT2D eigenvalue weighted by atomic mass is 32.1. The molecule has 0 fully saturated rings. The fourth-order valence-electron chi connectivity index (χ4n) is 2.54. The van der Waals surface area contributed by atoms with E-state index in [9.17, 15) is 14.9 Å². The van der Waals surface area contributed by atoms with Gasteiger partial charge in [0.15, 0.2) is 0 Å². The second-order valence-corrected chi connectivity index (χ2v) is 6.77. The maximum atomic E-state index is 12.5. The minimum Gasteiger partial charge on any atom is -0.497 e. The molecular weight excluding hydrogens is 384 g/mol. The van der Waals surface area contributed by atoms with E-state index in [4.69, 9.17) is 9.15 Å². The molecule has 1 amide bonds. The summed E-state index contributed by atoms with van der Waals surface area (Å²) in [5, 5.41) is 21.8. The SMILES string of the molecule is COc1ccc(-c2nnc(NC(=O)c3cc4cc([N+](=O)[O-])ccc4s3)o2)cc1. The lowest BCUT2D eigenvalue weighted by Gasteiger charge is -1.99. The fourth-order valence-corrected chi connectivity index (χ4v) is 3.48. The van der Waals surface area contributed by atoms with Crippen molar-refractivity contribution in [2.45, 2.75) is 0 Å². The Labute approximate surface area is 161 Å². The predicted octanol–water partition coefficient (Wildman–Crippen LogP) is 4.12. The van der Waals surface area contributed by atoms with Gasteiger partial charge in [0.1, 0.15) is 5.75 Å². The Kier molecular flexibility index (Phi) is 4.45. The lowest BCUT2D eigenvalue weighted by molar-refractivity contribution is -0.384. The number of nitrogens with zero attached hydrogens (tertiary/aromatic N) is 3. The number of carbonyl (C=O) groups is 1. The van der Waals surface area contributed by atoms with Crippen LogP contribution in [0.4, 0.5) is 11.7 Å². The van der Waals surface area contributed by atoms with Gasteiger partial charge in [0.05, 0.1) is 16.9 Å². The summed E-state index contributed by atoms with van der Waals surface area (Å²) < 4.78 is 11.3. The van der Waals surface area contributed by atoms with Crippen LogP contribution in [-0.4, -0.2) is 28.1 Å². The third-order valence-electron chi connectivity index (χ3n) is 3.92. The molecule has 10 heteroatoms. The van der Waals surface area contributed by atoms with Crippen molar-refractivity contribution < 1.29 is 18.9 Å². The van der Waals surface area contributed by atoms with Crippen LogP contribution in [0.1, 0.15) is 9.67 Å². The number of fused-ring (bicyclic) bond motifs is 1. The number of aromatic nitrogens is 2. The standard InChI is InChI=1S/C18H12N4O5S/c1-26-13-5-2-10(3-6-13)17-20-21-18(27-17)19-16(23)15-9-11-8-12(22(24)25)4-7-14(11)28-15/h2-9H,1H3,(H,19,21,23). The largest absolute Gasteiger partial charge is 0.497 e. The maximum Gasteiger partial charge on any atom is 0.322 e. The minimum atomic E-state index is -0.476. The highest BCUT2D eigenvalue weighted by Crippen LogP contribution is 2.29. The number of non-ortho nitro benzene ring substituents is 1. The van der Waals surface area contributed by atoms with Crippen molar-refractivity contribution in [1.82, 2.24) is 10.2 Å². The van der Waals surface area contributed by atoms with Crippen molar-refractivity contribution in [3.63, 3.8) is 0 Å². The highest BCUT2D eigenvalue weighted by molar-refractivity contribution is 7.20. The van der Waals surface area contributed by atoms with E-state index in [1.807, 2.05) is 0 Å². The van der Waals surface area contributed by atoms with Gasteiger partial charge in [-0.3, -0.25) is 20.2 Å². The van der Waals surface area contributed by atoms with E-state index in [-0.39, 0.29) is 17.6 Å². The van der Waals surface area contributed by atoms with E-state index in [0.717, 1.165) is 4.70 Å². The van der Waals surface area contributed by atoms with Gasteiger partial charge in [0.2, 0.25) is 5.89 Å². The number of hydrogen-bond donors (Lipinski definition) is 1. The monoisotopic (exact) mass is 396 g/mol. The van der Waals surface area contributed by atoms with E-state index in [1.165, 1.54) is 23.5 Å². The summed E-state index contributed by atoms with van der Waals surface area (Å²) >= 11 is 1.21. The summed E-state index contributed by atoms with van der Waals surface area (Å²) in [5.74, 6) is 0.514. The van der Waals surface area contributed by atoms with Crippen molar-refractivity contribution in [2.24, 2.45) is 0 Å². The van der Waals surface area contributed by atoms with Crippen LogP contribution >= 0.6 is 11.3 Å². The number of nitro groups is 1. The Morgan fingerprint density at radius 3 is 2.68 bits per heavy atom. The average molecular weight is 396 g/mol. The first kappa shape index (κ1) is 17.6. The molecule has 4 rings (SSSR count). The quantitative estimate of drug-likeness (QED) is 0.398. The van der Waals surface area contributed by atoms with E-state index >= 15 is 0 Å². The van der Waals surface area contributed by atoms with Crippen LogP contribution in [0.15, 0.2) is 52.9 Å². The maximum absolute atomic E-state index is 12.5. The Balaban J connectivity index is 1.52. The van der Waals surface area contributed by atoms with Crippen LogP contribution in [0.2, 0.25) is 0 Å². The number of benzene rings is 2. The zero-order valence-electron chi connectivity index (χ0n) is 14.4. The first-order valence-electron chi connectivity index (χ1n) is 8.01. The van der Waals surface area contributed by atoms with Crippen molar-refractivity contribution in [3.8, 4) is 17.2 Å². The number of nitrogens with one attached hydrogen (secondary N) is 1. The zero-order chi connectivity index (χ0) is 19.7. The van der Waals surface area contributed by atoms with Gasteiger partial charge in [-0.2, -0.15) is 0 Å². The van der Waals surface area contributed by atoms with Crippen molar-refractivity contribution in [1.29, 1.82) is 0 Å². The van der Waals surface area contributed by atoms with Gasteiger partial charge < -0.3 is 9.15 Å². The molecule has 140 valence electrons. The van der Waals surface area contributed by atoms with Gasteiger partial charge in [-0.25, -0.2) is 0 Å². The fraction of sp³-hybridized carbons (Fsp3) is 0.0556. The molecule has 2 heterocycles. The Morgan fingerprint density at radius 2 is 1.96 bits per heavy atom. The molecule has 2 aromatic carbocycles. The molecule has 0 saturated heterocycles. The van der Waals surface area contributed by atoms with Crippen LogP contribution in [0.5, 0.6) is 5.75 Å². The van der Waals surface area contributed by atoms with Gasteiger partial charge in [-0.05, 0) is 36.4 Å². The van der Waals surface area contributed by atoms with Crippen molar-refractivity contribution in [3.05, 3.63) is 63.5 Å². The minimum absolute atomic E-state index is 0.0294. The summed E-state index contributed by atoms with van der Waals surface area (Å²) in [5.41, 5.74) is 0.654. The number of amides is 1. The topological polar surface area (TPSA) is 120 Å². The third-order valence-corrected chi connectivity index (χ3v) is 5.03. The molecule has 4 aromatic rings. The molecule has 2 aromatic heterocycles. The van der Waals surface area contributed by atoms with E-state index in [0.29, 0.717) is 21.6 Å². The van der Waals surface area contributed by atoms with Crippen molar-refractivity contribution in [2.75, 3.05) is 12.4 Å². The molecule has 0 saturated carbocycles. The second-order valence-electron chi connectivity index (χ2n) is 5.68. The Hall–Kier alpha value is -3.79. The smallest absolute Gasteiger partial charge is 0.322 e. The van der Waals surface area contributed by atoms with E-state index in [1.54, 1.807) is 43.5 Å². The van der Waals surface area contributed by atoms with Gasteiger partial charge in [-0.15, -0.1) is 16.4 Å². The molecule has 0 bridgehead atoms. The highest BCUT2D eigenvalue weighted by Gasteiger charge is 2.16.